The van der Waals surface area contributed by atoms with E-state index in [1.807, 2.05) is 18.7 Å². The predicted molar refractivity (Wildman–Crippen MR) is 76.7 cm³/mol. The van der Waals surface area contributed by atoms with Gasteiger partial charge in [0, 0.05) is 30.8 Å². The Labute approximate surface area is 120 Å². The first-order valence-electron chi connectivity index (χ1n) is 7.42. The van der Waals surface area contributed by atoms with Gasteiger partial charge in [-0.2, -0.15) is 0 Å². The van der Waals surface area contributed by atoms with Crippen LogP contribution in [-0.4, -0.2) is 22.1 Å². The topological polar surface area (TPSA) is 44.1 Å². The number of ether oxygens (including phenoxy) is 1. The molecule has 1 aromatic heterocycles. The molecule has 0 radical (unpaired) electrons. The molecule has 0 N–H and O–H groups in total. The average molecular weight is 274 g/mol. The van der Waals surface area contributed by atoms with Crippen LogP contribution in [0.1, 0.15) is 39.0 Å². The second kappa shape index (κ2) is 7.74. The van der Waals surface area contributed by atoms with E-state index < -0.39 is 5.97 Å². The lowest BCUT2D eigenvalue weighted by molar-refractivity contribution is -0.136. The van der Waals surface area contributed by atoms with Crippen molar-refractivity contribution < 1.29 is 9.53 Å². The molecular weight excluding hydrogens is 252 g/mol. The highest BCUT2D eigenvalue weighted by Crippen LogP contribution is 2.27. The average Bonchev–Trinajstić information content (AvgIpc) is 2.83. The van der Waals surface area contributed by atoms with Gasteiger partial charge in [-0.1, -0.05) is 12.3 Å². The molecule has 1 heterocycles. The maximum absolute atomic E-state index is 11.2. The van der Waals surface area contributed by atoms with Crippen LogP contribution >= 0.6 is 0 Å². The lowest BCUT2D eigenvalue weighted by atomic mass is 9.98. The highest BCUT2D eigenvalue weighted by Gasteiger charge is 2.18. The lowest BCUT2D eigenvalue weighted by Gasteiger charge is -2.14. The Morgan fingerprint density at radius 2 is 2.30 bits per heavy atom. The summed E-state index contributed by atoms with van der Waals surface area (Å²) in [5, 5.41) is 0. The van der Waals surface area contributed by atoms with E-state index in [2.05, 4.69) is 21.4 Å². The summed E-state index contributed by atoms with van der Waals surface area (Å²) in [6.07, 6.45) is 11.5. The van der Waals surface area contributed by atoms with Gasteiger partial charge in [-0.25, -0.2) is 9.78 Å². The zero-order valence-corrected chi connectivity index (χ0v) is 12.0. The van der Waals surface area contributed by atoms with Crippen LogP contribution in [0.5, 0.6) is 0 Å². The molecule has 1 aliphatic rings. The number of nitrogens with zero attached hydrogens (tertiary/aromatic N) is 2. The third kappa shape index (κ3) is 4.73. The maximum atomic E-state index is 11.2. The first-order chi connectivity index (χ1) is 9.78. The summed E-state index contributed by atoms with van der Waals surface area (Å²) in [5.74, 6) is 6.33. The summed E-state index contributed by atoms with van der Waals surface area (Å²) in [6, 6.07) is 0. The molecule has 0 amide bonds. The number of hydrogen-bond donors (Lipinski definition) is 0. The molecule has 108 valence electrons. The summed E-state index contributed by atoms with van der Waals surface area (Å²) < 4.78 is 6.98. The van der Waals surface area contributed by atoms with Crippen molar-refractivity contribution in [3.8, 4) is 11.8 Å². The number of hydrogen-bond acceptors (Lipinski definition) is 3. The number of rotatable bonds is 3. The van der Waals surface area contributed by atoms with Crippen molar-refractivity contribution in [1.29, 1.82) is 0 Å². The van der Waals surface area contributed by atoms with E-state index in [-0.39, 0.29) is 0 Å². The van der Waals surface area contributed by atoms with E-state index in [1.165, 1.54) is 19.3 Å². The molecule has 20 heavy (non-hydrogen) atoms. The number of imidazole rings is 1. The van der Waals surface area contributed by atoms with E-state index in [0.29, 0.717) is 18.4 Å². The van der Waals surface area contributed by atoms with Crippen LogP contribution in [0.2, 0.25) is 0 Å². The molecule has 4 nitrogen and oxygen atoms in total. The van der Waals surface area contributed by atoms with E-state index in [9.17, 15) is 4.79 Å². The molecule has 2 atom stereocenters. The van der Waals surface area contributed by atoms with Gasteiger partial charge in [-0.15, -0.1) is 0 Å². The molecule has 2 unspecified atom stereocenters. The van der Waals surface area contributed by atoms with Gasteiger partial charge in [0.15, 0.2) is 0 Å². The van der Waals surface area contributed by atoms with E-state index >= 15 is 0 Å². The van der Waals surface area contributed by atoms with Gasteiger partial charge < -0.3 is 9.30 Å². The molecule has 1 saturated carbocycles. The van der Waals surface area contributed by atoms with Crippen molar-refractivity contribution in [3.05, 3.63) is 18.7 Å². The fraction of sp³-hybridized carbons (Fsp3) is 0.625. The fourth-order valence-corrected chi connectivity index (χ4v) is 2.73. The van der Waals surface area contributed by atoms with Gasteiger partial charge in [0.1, 0.15) is 0 Å². The Hall–Kier alpha value is -1.76. The van der Waals surface area contributed by atoms with Gasteiger partial charge in [-0.05, 0) is 38.5 Å². The molecule has 0 bridgehead atoms. The molecular formula is C16H22N2O2. The highest BCUT2D eigenvalue weighted by atomic mass is 16.5. The number of carbonyl (C=O) groups is 1. The van der Waals surface area contributed by atoms with Crippen molar-refractivity contribution >= 4 is 5.97 Å². The Kier molecular flexibility index (Phi) is 5.67. The Bertz CT molecular complexity index is 470. The standard InChI is InChI=1S/C16H22N2O2/c1-2-20-16(19)9-8-14-4-3-5-15(7-6-14)12-18-11-10-17-13-18/h10-11,13-15H,2-7,12H2,1H3. The summed E-state index contributed by atoms with van der Waals surface area (Å²) >= 11 is 0. The number of aromatic nitrogens is 2. The Balaban J connectivity index is 1.81. The zero-order chi connectivity index (χ0) is 14.2. The largest absolute Gasteiger partial charge is 0.456 e. The van der Waals surface area contributed by atoms with Crippen LogP contribution in [0.4, 0.5) is 0 Å². The smallest absolute Gasteiger partial charge is 0.384 e. The van der Waals surface area contributed by atoms with Crippen LogP contribution < -0.4 is 0 Å². The van der Waals surface area contributed by atoms with Crippen LogP contribution in [0.25, 0.3) is 0 Å². The van der Waals surface area contributed by atoms with E-state index in [4.69, 9.17) is 4.74 Å². The van der Waals surface area contributed by atoms with Gasteiger partial charge in [-0.3, -0.25) is 0 Å². The predicted octanol–water partition coefficient (Wildman–Crippen LogP) is 2.65. The summed E-state index contributed by atoms with van der Waals surface area (Å²) in [6.45, 7) is 3.23. The molecule has 0 aliphatic heterocycles. The van der Waals surface area contributed by atoms with Crippen molar-refractivity contribution in [2.45, 2.75) is 45.6 Å². The quantitative estimate of drug-likeness (QED) is 0.368. The third-order valence-corrected chi connectivity index (χ3v) is 3.77. The minimum Gasteiger partial charge on any atom is -0.456 e. The van der Waals surface area contributed by atoms with E-state index in [0.717, 1.165) is 19.4 Å². The number of esters is 1. The lowest BCUT2D eigenvalue weighted by Crippen LogP contribution is -2.08. The van der Waals surface area contributed by atoms with Crippen LogP contribution in [0, 0.1) is 23.7 Å². The molecule has 2 rings (SSSR count). The minimum atomic E-state index is -0.397. The summed E-state index contributed by atoms with van der Waals surface area (Å²) in [4.78, 5) is 15.3. The van der Waals surface area contributed by atoms with Gasteiger partial charge >= 0.3 is 5.97 Å². The molecule has 0 spiro atoms. The SMILES string of the molecule is CCOC(=O)C#CC1CCCC(Cn2ccnc2)CC1. The van der Waals surface area contributed by atoms with Crippen molar-refractivity contribution in [1.82, 2.24) is 9.55 Å². The maximum Gasteiger partial charge on any atom is 0.384 e. The first-order valence-corrected chi connectivity index (χ1v) is 7.42. The van der Waals surface area contributed by atoms with Crippen LogP contribution in [-0.2, 0) is 16.1 Å². The van der Waals surface area contributed by atoms with Crippen molar-refractivity contribution in [2.75, 3.05) is 6.61 Å². The molecule has 0 saturated heterocycles. The first kappa shape index (κ1) is 14.6. The monoisotopic (exact) mass is 274 g/mol. The normalized spacial score (nSPS) is 22.4. The second-order valence-electron chi connectivity index (χ2n) is 5.32. The number of carbonyl (C=O) groups excluding carboxylic acids is 1. The molecule has 0 aromatic carbocycles. The van der Waals surface area contributed by atoms with Crippen molar-refractivity contribution in [2.24, 2.45) is 11.8 Å². The highest BCUT2D eigenvalue weighted by molar-refractivity contribution is 5.88. The fourth-order valence-electron chi connectivity index (χ4n) is 2.73. The second-order valence-corrected chi connectivity index (χ2v) is 5.32. The van der Waals surface area contributed by atoms with Gasteiger partial charge in [0.2, 0.25) is 0 Å². The van der Waals surface area contributed by atoms with E-state index in [1.54, 1.807) is 6.92 Å². The Morgan fingerprint density at radius 1 is 1.40 bits per heavy atom. The summed E-state index contributed by atoms with van der Waals surface area (Å²) in [5.41, 5.74) is 0. The third-order valence-electron chi connectivity index (χ3n) is 3.77. The molecule has 4 heteroatoms. The molecule has 1 aromatic rings. The summed E-state index contributed by atoms with van der Waals surface area (Å²) in [7, 11) is 0. The van der Waals surface area contributed by atoms with Gasteiger partial charge in [0.25, 0.3) is 0 Å². The minimum absolute atomic E-state index is 0.340. The van der Waals surface area contributed by atoms with Gasteiger partial charge in [0.05, 0.1) is 12.9 Å². The zero-order valence-electron chi connectivity index (χ0n) is 12.0. The van der Waals surface area contributed by atoms with Crippen molar-refractivity contribution in [3.63, 3.8) is 0 Å². The molecule has 1 fully saturated rings. The Morgan fingerprint density at radius 3 is 3.05 bits per heavy atom. The van der Waals surface area contributed by atoms with Crippen LogP contribution in [0.3, 0.4) is 0 Å². The van der Waals surface area contributed by atoms with Crippen LogP contribution in [0.15, 0.2) is 18.7 Å². The molecule has 1 aliphatic carbocycles.